The first-order chi connectivity index (χ1) is 9.95. The second-order valence-corrected chi connectivity index (χ2v) is 5.32. The van der Waals surface area contributed by atoms with E-state index in [-0.39, 0.29) is 5.91 Å². The number of halogens is 1. The van der Waals surface area contributed by atoms with E-state index < -0.39 is 5.97 Å². The van der Waals surface area contributed by atoms with Gasteiger partial charge in [0.05, 0.1) is 0 Å². The van der Waals surface area contributed by atoms with E-state index in [9.17, 15) is 9.59 Å². The van der Waals surface area contributed by atoms with Crippen molar-refractivity contribution in [3.05, 3.63) is 58.3 Å². The molecule has 0 aliphatic carbocycles. The number of carbonyl (C=O) groups is 2. The quantitative estimate of drug-likeness (QED) is 0.833. The number of anilines is 1. The van der Waals surface area contributed by atoms with Crippen molar-refractivity contribution in [2.24, 2.45) is 7.05 Å². The third-order valence-corrected chi connectivity index (χ3v) is 3.22. The van der Waals surface area contributed by atoms with Crippen molar-refractivity contribution >= 4 is 39.6 Å². The number of carboxylic acid groups (broad SMARTS) is 1. The number of benzene rings is 1. The van der Waals surface area contributed by atoms with Crippen LogP contribution in [0.25, 0.3) is 6.08 Å². The highest BCUT2D eigenvalue weighted by molar-refractivity contribution is 9.10. The summed E-state index contributed by atoms with van der Waals surface area (Å²) in [5, 5.41) is 11.3. The lowest BCUT2D eigenvalue weighted by Gasteiger charge is -2.06. The highest BCUT2D eigenvalue weighted by Gasteiger charge is 2.11. The topological polar surface area (TPSA) is 71.3 Å². The van der Waals surface area contributed by atoms with Gasteiger partial charge in [0, 0.05) is 29.5 Å². The number of nitrogens with zero attached hydrogens (tertiary/aromatic N) is 1. The van der Waals surface area contributed by atoms with Crippen LogP contribution in [0.5, 0.6) is 0 Å². The Morgan fingerprint density at radius 2 is 1.95 bits per heavy atom. The molecule has 5 nitrogen and oxygen atoms in total. The van der Waals surface area contributed by atoms with Gasteiger partial charge in [-0.15, -0.1) is 0 Å². The van der Waals surface area contributed by atoms with Crippen LogP contribution in [0.4, 0.5) is 5.69 Å². The van der Waals surface area contributed by atoms with Crippen LogP contribution < -0.4 is 5.32 Å². The van der Waals surface area contributed by atoms with Crippen molar-refractivity contribution in [1.29, 1.82) is 0 Å². The summed E-state index contributed by atoms with van der Waals surface area (Å²) < 4.78 is 2.56. The van der Waals surface area contributed by atoms with Gasteiger partial charge in [0.1, 0.15) is 5.69 Å². The molecule has 0 aliphatic rings. The Bertz CT molecular complexity index is 702. The Hall–Kier alpha value is -2.34. The van der Waals surface area contributed by atoms with Crippen LogP contribution >= 0.6 is 15.9 Å². The van der Waals surface area contributed by atoms with E-state index in [0.29, 0.717) is 11.4 Å². The third kappa shape index (κ3) is 4.06. The molecule has 0 spiro atoms. The van der Waals surface area contributed by atoms with Gasteiger partial charge in [-0.2, -0.15) is 0 Å². The molecule has 1 aromatic carbocycles. The summed E-state index contributed by atoms with van der Waals surface area (Å²) in [5.74, 6) is -1.21. The lowest BCUT2D eigenvalue weighted by molar-refractivity contribution is -0.131. The number of carboxylic acids is 1. The van der Waals surface area contributed by atoms with E-state index in [1.165, 1.54) is 6.08 Å². The Kier molecular flexibility index (Phi) is 4.59. The Morgan fingerprint density at radius 3 is 2.48 bits per heavy atom. The Balaban J connectivity index is 2.08. The van der Waals surface area contributed by atoms with Gasteiger partial charge in [0.2, 0.25) is 0 Å². The lowest BCUT2D eigenvalue weighted by Crippen LogP contribution is -2.15. The van der Waals surface area contributed by atoms with Crippen LogP contribution in [-0.2, 0) is 11.8 Å². The molecule has 21 heavy (non-hydrogen) atoms. The molecule has 0 saturated heterocycles. The maximum Gasteiger partial charge on any atom is 0.328 e. The summed E-state index contributed by atoms with van der Waals surface area (Å²) in [5.41, 5.74) is 1.93. The van der Waals surface area contributed by atoms with Crippen LogP contribution in [0.2, 0.25) is 0 Å². The van der Waals surface area contributed by atoms with Crippen LogP contribution in [0.3, 0.4) is 0 Å². The van der Waals surface area contributed by atoms with E-state index in [2.05, 4.69) is 21.2 Å². The molecule has 0 fully saturated rings. The Labute approximate surface area is 130 Å². The minimum Gasteiger partial charge on any atom is -0.478 e. The number of hydrogen-bond acceptors (Lipinski definition) is 2. The molecule has 1 heterocycles. The number of amides is 1. The fraction of sp³-hybridized carbons (Fsp3) is 0.0667. The first kappa shape index (κ1) is 15.1. The normalized spacial score (nSPS) is 10.8. The smallest absolute Gasteiger partial charge is 0.328 e. The molecule has 0 aliphatic heterocycles. The molecular weight excluding hydrogens is 336 g/mol. The van der Waals surface area contributed by atoms with Gasteiger partial charge in [-0.25, -0.2) is 4.79 Å². The zero-order valence-electron chi connectivity index (χ0n) is 11.2. The molecule has 0 saturated carbocycles. The minimum atomic E-state index is -0.998. The van der Waals surface area contributed by atoms with Crippen molar-refractivity contribution in [1.82, 2.24) is 4.57 Å². The van der Waals surface area contributed by atoms with Crippen molar-refractivity contribution in [3.63, 3.8) is 0 Å². The van der Waals surface area contributed by atoms with Crippen molar-refractivity contribution in [3.8, 4) is 0 Å². The summed E-state index contributed by atoms with van der Waals surface area (Å²) in [4.78, 5) is 22.5. The standard InChI is InChI=1S/C15H13BrN2O3/c1-18-9-11(16)8-13(18)15(21)17-12-5-2-10(3-6-12)4-7-14(19)20/h2-9H,1H3,(H,17,21)(H,19,20)/b7-4+. The van der Waals surface area contributed by atoms with Crippen LogP contribution in [0.15, 0.2) is 47.1 Å². The molecule has 0 radical (unpaired) electrons. The molecule has 0 atom stereocenters. The highest BCUT2D eigenvalue weighted by Crippen LogP contribution is 2.16. The number of aromatic nitrogens is 1. The van der Waals surface area contributed by atoms with E-state index in [1.54, 1.807) is 48.1 Å². The number of aryl methyl sites for hydroxylation is 1. The number of aliphatic carboxylic acids is 1. The fourth-order valence-corrected chi connectivity index (χ4v) is 2.31. The molecule has 2 N–H and O–H groups in total. The average molecular weight is 349 g/mol. The van der Waals surface area contributed by atoms with E-state index in [0.717, 1.165) is 16.1 Å². The summed E-state index contributed by atoms with van der Waals surface area (Å²) in [6, 6.07) is 8.64. The van der Waals surface area contributed by atoms with Crippen LogP contribution in [0, 0.1) is 0 Å². The maximum absolute atomic E-state index is 12.1. The number of carbonyl (C=O) groups excluding carboxylic acids is 1. The molecule has 1 amide bonds. The first-order valence-electron chi connectivity index (χ1n) is 6.10. The summed E-state index contributed by atoms with van der Waals surface area (Å²) in [6.07, 6.45) is 4.35. The SMILES string of the molecule is Cn1cc(Br)cc1C(=O)Nc1ccc(/C=C/C(=O)O)cc1. The minimum absolute atomic E-state index is 0.211. The van der Waals surface area contributed by atoms with E-state index in [4.69, 9.17) is 5.11 Å². The van der Waals surface area contributed by atoms with Gasteiger partial charge in [0.25, 0.3) is 5.91 Å². The second-order valence-electron chi connectivity index (χ2n) is 4.40. The highest BCUT2D eigenvalue weighted by atomic mass is 79.9. The number of nitrogens with one attached hydrogen (secondary N) is 1. The maximum atomic E-state index is 12.1. The first-order valence-corrected chi connectivity index (χ1v) is 6.89. The Morgan fingerprint density at radius 1 is 1.29 bits per heavy atom. The van der Waals surface area contributed by atoms with E-state index >= 15 is 0 Å². The molecule has 108 valence electrons. The molecule has 1 aromatic heterocycles. The van der Waals surface area contributed by atoms with Gasteiger partial charge in [-0.1, -0.05) is 12.1 Å². The zero-order valence-corrected chi connectivity index (χ0v) is 12.8. The average Bonchev–Trinajstić information content (AvgIpc) is 2.77. The van der Waals surface area contributed by atoms with Crippen molar-refractivity contribution < 1.29 is 14.7 Å². The third-order valence-electron chi connectivity index (χ3n) is 2.79. The van der Waals surface area contributed by atoms with Gasteiger partial charge in [-0.05, 0) is 45.8 Å². The van der Waals surface area contributed by atoms with Gasteiger partial charge in [0.15, 0.2) is 0 Å². The molecule has 0 unspecified atom stereocenters. The predicted molar refractivity (Wildman–Crippen MR) is 84.2 cm³/mol. The molecular formula is C15H13BrN2O3. The monoisotopic (exact) mass is 348 g/mol. The molecule has 2 rings (SSSR count). The van der Waals surface area contributed by atoms with E-state index in [1.807, 2.05) is 0 Å². The molecule has 6 heteroatoms. The molecule has 0 bridgehead atoms. The van der Waals surface area contributed by atoms with Crippen molar-refractivity contribution in [2.75, 3.05) is 5.32 Å². The summed E-state index contributed by atoms with van der Waals surface area (Å²) in [7, 11) is 1.79. The fourth-order valence-electron chi connectivity index (χ4n) is 1.79. The predicted octanol–water partition coefficient (Wildman–Crippen LogP) is 3.14. The lowest BCUT2D eigenvalue weighted by atomic mass is 10.2. The molecule has 2 aromatic rings. The van der Waals surface area contributed by atoms with Crippen LogP contribution in [0.1, 0.15) is 16.1 Å². The van der Waals surface area contributed by atoms with Crippen molar-refractivity contribution in [2.45, 2.75) is 0 Å². The summed E-state index contributed by atoms with van der Waals surface area (Å²) in [6.45, 7) is 0. The second kappa shape index (κ2) is 6.41. The van der Waals surface area contributed by atoms with Crippen LogP contribution in [-0.4, -0.2) is 21.6 Å². The number of rotatable bonds is 4. The van der Waals surface area contributed by atoms with Gasteiger partial charge >= 0.3 is 5.97 Å². The zero-order chi connectivity index (χ0) is 15.4. The van der Waals surface area contributed by atoms with Gasteiger partial charge < -0.3 is 15.0 Å². The number of hydrogen-bond donors (Lipinski definition) is 2. The largest absolute Gasteiger partial charge is 0.478 e. The van der Waals surface area contributed by atoms with Gasteiger partial charge in [-0.3, -0.25) is 4.79 Å². The summed E-state index contributed by atoms with van der Waals surface area (Å²) >= 11 is 3.32.